The van der Waals surface area contributed by atoms with Crippen LogP contribution in [-0.4, -0.2) is 25.0 Å². The SMILES string of the molecule is COC(=O)C(C)NC(=O)c1cc2sccc2s1. The maximum atomic E-state index is 11.8. The highest BCUT2D eigenvalue weighted by atomic mass is 32.1. The number of nitrogens with one attached hydrogen (secondary N) is 1. The number of carbonyl (C=O) groups is 2. The van der Waals surface area contributed by atoms with E-state index in [1.54, 1.807) is 18.3 Å². The lowest BCUT2D eigenvalue weighted by molar-refractivity contribution is -0.142. The van der Waals surface area contributed by atoms with Gasteiger partial charge in [-0.05, 0) is 24.4 Å². The van der Waals surface area contributed by atoms with Gasteiger partial charge in [0.15, 0.2) is 0 Å². The third kappa shape index (κ3) is 2.48. The van der Waals surface area contributed by atoms with Gasteiger partial charge in [0, 0.05) is 9.40 Å². The van der Waals surface area contributed by atoms with Gasteiger partial charge < -0.3 is 10.1 Å². The van der Waals surface area contributed by atoms with Crippen LogP contribution in [0.3, 0.4) is 0 Å². The molecule has 1 amide bonds. The second-order valence-electron chi connectivity index (χ2n) is 3.48. The normalized spacial score (nSPS) is 12.4. The maximum Gasteiger partial charge on any atom is 0.328 e. The van der Waals surface area contributed by atoms with Crippen LogP contribution in [0.5, 0.6) is 0 Å². The molecule has 0 bridgehead atoms. The lowest BCUT2D eigenvalue weighted by Gasteiger charge is -2.10. The molecule has 0 radical (unpaired) electrons. The van der Waals surface area contributed by atoms with E-state index in [1.807, 2.05) is 17.5 Å². The first kappa shape index (κ1) is 12.1. The Morgan fingerprint density at radius 2 is 2.18 bits per heavy atom. The average Bonchev–Trinajstić information content (AvgIpc) is 2.87. The summed E-state index contributed by atoms with van der Waals surface area (Å²) in [6, 6.07) is 3.18. The molecular weight excluding hydrogens is 258 g/mol. The van der Waals surface area contributed by atoms with Gasteiger partial charge in [-0.1, -0.05) is 0 Å². The van der Waals surface area contributed by atoms with E-state index in [-0.39, 0.29) is 5.91 Å². The largest absolute Gasteiger partial charge is 0.467 e. The molecule has 0 aliphatic rings. The molecule has 0 saturated heterocycles. The van der Waals surface area contributed by atoms with E-state index < -0.39 is 12.0 Å². The quantitative estimate of drug-likeness (QED) is 0.870. The van der Waals surface area contributed by atoms with E-state index in [9.17, 15) is 9.59 Å². The predicted molar refractivity (Wildman–Crippen MR) is 68.6 cm³/mol. The second-order valence-corrected chi connectivity index (χ2v) is 5.51. The van der Waals surface area contributed by atoms with Crippen molar-refractivity contribution in [3.05, 3.63) is 22.4 Å². The van der Waals surface area contributed by atoms with Crippen molar-refractivity contribution in [3.63, 3.8) is 0 Å². The molecule has 0 aliphatic carbocycles. The first-order valence-corrected chi connectivity index (χ1v) is 6.67. The third-order valence-electron chi connectivity index (χ3n) is 2.27. The van der Waals surface area contributed by atoms with Crippen LogP contribution in [0, 0.1) is 0 Å². The van der Waals surface area contributed by atoms with Crippen molar-refractivity contribution in [2.45, 2.75) is 13.0 Å². The van der Waals surface area contributed by atoms with Crippen molar-refractivity contribution < 1.29 is 14.3 Å². The fourth-order valence-electron chi connectivity index (χ4n) is 1.38. The van der Waals surface area contributed by atoms with Gasteiger partial charge in [-0.3, -0.25) is 4.79 Å². The zero-order valence-electron chi connectivity index (χ0n) is 9.35. The molecule has 0 aliphatic heterocycles. The molecule has 4 nitrogen and oxygen atoms in total. The Hall–Kier alpha value is -1.40. The molecule has 2 rings (SSSR count). The Bertz CT molecular complexity index is 529. The van der Waals surface area contributed by atoms with Crippen molar-refractivity contribution in [1.82, 2.24) is 5.32 Å². The number of amides is 1. The first-order chi connectivity index (χ1) is 8.11. The minimum absolute atomic E-state index is 0.240. The van der Waals surface area contributed by atoms with Gasteiger partial charge >= 0.3 is 5.97 Å². The number of hydrogen-bond acceptors (Lipinski definition) is 5. The van der Waals surface area contributed by atoms with Gasteiger partial charge in [-0.25, -0.2) is 4.79 Å². The summed E-state index contributed by atoms with van der Waals surface area (Å²) in [5.74, 6) is -0.687. The number of methoxy groups -OCH3 is 1. The summed E-state index contributed by atoms with van der Waals surface area (Å²) in [5, 5.41) is 4.59. The van der Waals surface area contributed by atoms with E-state index in [0.29, 0.717) is 4.88 Å². The van der Waals surface area contributed by atoms with Gasteiger partial charge in [0.1, 0.15) is 6.04 Å². The van der Waals surface area contributed by atoms with Crippen LogP contribution >= 0.6 is 22.7 Å². The molecule has 6 heteroatoms. The van der Waals surface area contributed by atoms with E-state index in [4.69, 9.17) is 0 Å². The lowest BCUT2D eigenvalue weighted by Crippen LogP contribution is -2.38. The fourth-order valence-corrected chi connectivity index (χ4v) is 3.39. The molecule has 1 unspecified atom stereocenters. The standard InChI is InChI=1S/C11H11NO3S2/c1-6(11(14)15-2)12-10(13)9-5-8-7(17-9)3-4-16-8/h3-6H,1-2H3,(H,12,13). The Kier molecular flexibility index (Phi) is 3.44. The molecule has 0 saturated carbocycles. The Balaban J connectivity index is 2.10. The molecule has 1 N–H and O–H groups in total. The van der Waals surface area contributed by atoms with E-state index in [0.717, 1.165) is 9.40 Å². The second kappa shape index (κ2) is 4.85. The van der Waals surface area contributed by atoms with Crippen LogP contribution < -0.4 is 5.32 Å². The van der Waals surface area contributed by atoms with Crippen molar-refractivity contribution in [3.8, 4) is 0 Å². The van der Waals surface area contributed by atoms with E-state index in [1.165, 1.54) is 18.4 Å². The van der Waals surface area contributed by atoms with Crippen LogP contribution in [-0.2, 0) is 9.53 Å². The minimum atomic E-state index is -0.632. The summed E-state index contributed by atoms with van der Waals surface area (Å²) >= 11 is 3.01. The molecule has 0 spiro atoms. The number of fused-ring (bicyclic) bond motifs is 1. The number of ether oxygens (including phenoxy) is 1. The van der Waals surface area contributed by atoms with Crippen molar-refractivity contribution >= 4 is 43.9 Å². The molecule has 90 valence electrons. The number of hydrogen-bond donors (Lipinski definition) is 1. The zero-order valence-corrected chi connectivity index (χ0v) is 11.0. The highest BCUT2D eigenvalue weighted by Crippen LogP contribution is 2.29. The highest BCUT2D eigenvalue weighted by molar-refractivity contribution is 7.27. The number of rotatable bonds is 3. The summed E-state index contributed by atoms with van der Waals surface area (Å²) in [4.78, 5) is 23.6. The number of thiophene rings is 2. The summed E-state index contributed by atoms with van der Waals surface area (Å²) in [6.07, 6.45) is 0. The summed E-state index contributed by atoms with van der Waals surface area (Å²) in [5.41, 5.74) is 0. The van der Waals surface area contributed by atoms with Crippen LogP contribution in [0.1, 0.15) is 16.6 Å². The van der Waals surface area contributed by atoms with Crippen molar-refractivity contribution in [2.24, 2.45) is 0 Å². The van der Waals surface area contributed by atoms with E-state index >= 15 is 0 Å². The highest BCUT2D eigenvalue weighted by Gasteiger charge is 2.18. The fraction of sp³-hybridized carbons (Fsp3) is 0.273. The van der Waals surface area contributed by atoms with Gasteiger partial charge in [0.05, 0.1) is 12.0 Å². The average molecular weight is 269 g/mol. The van der Waals surface area contributed by atoms with Crippen LogP contribution in [0.25, 0.3) is 9.40 Å². The van der Waals surface area contributed by atoms with Gasteiger partial charge in [-0.15, -0.1) is 22.7 Å². The molecule has 2 heterocycles. The summed E-state index contributed by atoms with van der Waals surface area (Å²) < 4.78 is 6.72. The van der Waals surface area contributed by atoms with Gasteiger partial charge in [0.25, 0.3) is 5.91 Å². The molecule has 17 heavy (non-hydrogen) atoms. The minimum Gasteiger partial charge on any atom is -0.467 e. The molecule has 0 aromatic carbocycles. The van der Waals surface area contributed by atoms with Crippen LogP contribution in [0.15, 0.2) is 17.5 Å². The number of esters is 1. The molecular formula is C11H11NO3S2. The third-order valence-corrected chi connectivity index (χ3v) is 4.36. The van der Waals surface area contributed by atoms with Crippen molar-refractivity contribution in [2.75, 3.05) is 7.11 Å². The van der Waals surface area contributed by atoms with Gasteiger partial charge in [0.2, 0.25) is 0 Å². The van der Waals surface area contributed by atoms with Crippen molar-refractivity contribution in [1.29, 1.82) is 0 Å². The Morgan fingerprint density at radius 3 is 2.82 bits per heavy atom. The number of carbonyl (C=O) groups excluding carboxylic acids is 2. The van der Waals surface area contributed by atoms with Crippen LogP contribution in [0.2, 0.25) is 0 Å². The molecule has 1 atom stereocenters. The predicted octanol–water partition coefficient (Wildman–Crippen LogP) is 2.25. The lowest BCUT2D eigenvalue weighted by atomic mass is 10.3. The Labute approximate surface area is 106 Å². The van der Waals surface area contributed by atoms with E-state index in [2.05, 4.69) is 10.1 Å². The molecule has 2 aromatic rings. The molecule has 0 fully saturated rings. The maximum absolute atomic E-state index is 11.8. The smallest absolute Gasteiger partial charge is 0.328 e. The van der Waals surface area contributed by atoms with Crippen LogP contribution in [0.4, 0.5) is 0 Å². The topological polar surface area (TPSA) is 55.4 Å². The monoisotopic (exact) mass is 269 g/mol. The summed E-state index contributed by atoms with van der Waals surface area (Å²) in [7, 11) is 1.30. The zero-order chi connectivity index (χ0) is 12.4. The first-order valence-electron chi connectivity index (χ1n) is 4.97. The Morgan fingerprint density at radius 1 is 1.41 bits per heavy atom. The van der Waals surface area contributed by atoms with Gasteiger partial charge in [-0.2, -0.15) is 0 Å². The molecule has 2 aromatic heterocycles. The summed E-state index contributed by atoms with van der Waals surface area (Å²) in [6.45, 7) is 1.60.